The normalized spacial score (nSPS) is 15.9. The van der Waals surface area contributed by atoms with Gasteiger partial charge in [0.2, 0.25) is 5.82 Å². The van der Waals surface area contributed by atoms with E-state index in [1.807, 2.05) is 4.90 Å². The molecule has 1 aromatic heterocycles. The monoisotopic (exact) mass is 535 g/mol. The number of alkyl halides is 3. The average molecular weight is 536 g/mol. The van der Waals surface area contributed by atoms with Gasteiger partial charge in [-0.1, -0.05) is 17.7 Å². The second-order valence-electron chi connectivity index (χ2n) is 8.62. The van der Waals surface area contributed by atoms with Crippen LogP contribution in [0.5, 0.6) is 0 Å². The molecule has 1 amide bonds. The summed E-state index contributed by atoms with van der Waals surface area (Å²) >= 11 is 5.77. The number of hydrogen-bond donors (Lipinski definition) is 2. The van der Waals surface area contributed by atoms with Crippen molar-refractivity contribution >= 4 is 40.2 Å². The number of piperazine rings is 1. The van der Waals surface area contributed by atoms with E-state index in [-0.39, 0.29) is 28.2 Å². The number of carbonyl (C=O) groups is 2. The van der Waals surface area contributed by atoms with E-state index in [1.54, 1.807) is 29.2 Å². The van der Waals surface area contributed by atoms with Gasteiger partial charge in [0.25, 0.3) is 5.91 Å². The van der Waals surface area contributed by atoms with Crippen LogP contribution in [0.2, 0.25) is 5.02 Å². The van der Waals surface area contributed by atoms with Crippen molar-refractivity contribution in [3.8, 4) is 0 Å². The molecule has 2 aromatic carbocycles. The van der Waals surface area contributed by atoms with E-state index in [9.17, 15) is 27.9 Å². The van der Waals surface area contributed by atoms with Crippen LogP contribution in [-0.4, -0.2) is 71.1 Å². The lowest BCUT2D eigenvalue weighted by Gasteiger charge is -2.27. The Kier molecular flexibility index (Phi) is 8.13. The molecule has 2 aliphatic rings. The molecule has 0 spiro atoms. The van der Waals surface area contributed by atoms with Crippen LogP contribution in [0.1, 0.15) is 39.4 Å². The minimum atomic E-state index is -4.68. The number of aromatic nitrogens is 2. The second-order valence-corrected chi connectivity index (χ2v) is 9.05. The molecule has 0 saturated carbocycles. The van der Waals surface area contributed by atoms with Crippen LogP contribution in [-0.2, 0) is 6.18 Å². The number of rotatable bonds is 3. The van der Waals surface area contributed by atoms with Gasteiger partial charge in [0.05, 0.1) is 16.5 Å². The summed E-state index contributed by atoms with van der Waals surface area (Å²) in [4.78, 5) is 34.0. The van der Waals surface area contributed by atoms with Crippen molar-refractivity contribution < 1.29 is 27.9 Å². The zero-order valence-electron chi connectivity index (χ0n) is 19.8. The molecular weight excluding hydrogens is 511 g/mol. The number of benzene rings is 2. The largest absolute Gasteiger partial charge is 0.478 e. The first kappa shape index (κ1) is 26.6. The molecule has 0 radical (unpaired) electrons. The molecule has 5 rings (SSSR count). The summed E-state index contributed by atoms with van der Waals surface area (Å²) in [6.07, 6.45) is -3.01. The van der Waals surface area contributed by atoms with Crippen LogP contribution in [0.4, 0.5) is 19.0 Å². The Balaban J connectivity index is 0.000000186. The Morgan fingerprint density at radius 1 is 0.946 bits per heavy atom. The highest BCUT2D eigenvalue weighted by Crippen LogP contribution is 2.34. The van der Waals surface area contributed by atoms with Crippen LogP contribution in [0.25, 0.3) is 10.9 Å². The number of fused-ring (bicyclic) bond motifs is 1. The Morgan fingerprint density at radius 3 is 2.19 bits per heavy atom. The molecule has 0 aliphatic carbocycles. The maximum atomic E-state index is 13.0. The molecule has 0 bridgehead atoms. The molecule has 8 nitrogen and oxygen atoms in total. The van der Waals surface area contributed by atoms with E-state index in [1.165, 1.54) is 18.2 Å². The lowest BCUT2D eigenvalue weighted by atomic mass is 10.1. The Labute approximate surface area is 216 Å². The summed E-state index contributed by atoms with van der Waals surface area (Å²) in [5.41, 5.74) is 0.610. The lowest BCUT2D eigenvalue weighted by molar-refractivity contribution is -0.144. The van der Waals surface area contributed by atoms with Crippen molar-refractivity contribution in [3.05, 3.63) is 64.4 Å². The predicted octanol–water partition coefficient (Wildman–Crippen LogP) is 4.33. The lowest BCUT2D eigenvalue weighted by Crippen LogP contribution is -2.46. The highest BCUT2D eigenvalue weighted by atomic mass is 35.5. The fraction of sp³-hybridized carbons (Fsp3) is 0.360. The van der Waals surface area contributed by atoms with Crippen molar-refractivity contribution in [1.82, 2.24) is 20.2 Å². The van der Waals surface area contributed by atoms with Gasteiger partial charge >= 0.3 is 12.1 Å². The predicted molar refractivity (Wildman–Crippen MR) is 133 cm³/mol. The topological polar surface area (TPSA) is 98.7 Å². The first-order chi connectivity index (χ1) is 17.6. The maximum absolute atomic E-state index is 13.0. The van der Waals surface area contributed by atoms with Crippen LogP contribution in [0.3, 0.4) is 0 Å². The smallest absolute Gasteiger partial charge is 0.451 e. The van der Waals surface area contributed by atoms with Crippen molar-refractivity contribution in [1.29, 1.82) is 0 Å². The van der Waals surface area contributed by atoms with Crippen molar-refractivity contribution in [2.75, 3.05) is 44.2 Å². The number of nitrogens with zero attached hydrogens (tertiary/aromatic N) is 4. The minimum absolute atomic E-state index is 0.0101. The fourth-order valence-corrected chi connectivity index (χ4v) is 4.40. The first-order valence-electron chi connectivity index (χ1n) is 11.8. The number of halogens is 4. The van der Waals surface area contributed by atoms with Crippen molar-refractivity contribution in [2.24, 2.45) is 0 Å². The molecule has 2 saturated heterocycles. The quantitative estimate of drug-likeness (QED) is 0.515. The molecule has 0 unspecified atom stereocenters. The highest BCUT2D eigenvalue weighted by molar-refractivity contribution is 6.30. The molecule has 3 heterocycles. The van der Waals surface area contributed by atoms with Gasteiger partial charge < -0.3 is 20.2 Å². The summed E-state index contributed by atoms with van der Waals surface area (Å²) in [7, 11) is 0. The number of carboxylic acids is 1. The van der Waals surface area contributed by atoms with Crippen LogP contribution in [0.15, 0.2) is 42.5 Å². The second kappa shape index (κ2) is 11.3. The molecule has 12 heteroatoms. The first-order valence-corrected chi connectivity index (χ1v) is 12.1. The third-order valence-electron chi connectivity index (χ3n) is 6.09. The third-order valence-corrected chi connectivity index (χ3v) is 6.34. The maximum Gasteiger partial charge on any atom is 0.451 e. The standard InChI is InChI=1S/C14H12F3N3O2.C11H13ClN2O/c15-14(16,17)13-18-9-5-3-4-8(12(21)22)10(9)11(19-13)20-6-1-2-7-20;12-10-3-1-9(2-4-10)11(15)14-7-5-13-6-8-14/h3-5H,1-2,6-7H2,(H,21,22);1-4,13H,5-8H2. The van der Waals surface area contributed by atoms with Crippen LogP contribution >= 0.6 is 11.6 Å². The third kappa shape index (κ3) is 6.28. The van der Waals surface area contributed by atoms with E-state index in [2.05, 4.69) is 15.3 Å². The summed E-state index contributed by atoms with van der Waals surface area (Å²) in [6.45, 7) is 4.41. The highest BCUT2D eigenvalue weighted by Gasteiger charge is 2.37. The van der Waals surface area contributed by atoms with E-state index in [0.717, 1.165) is 39.0 Å². The number of aromatic carboxylic acids is 1. The van der Waals surface area contributed by atoms with Crippen molar-refractivity contribution in [3.63, 3.8) is 0 Å². The number of hydrogen-bond acceptors (Lipinski definition) is 6. The van der Waals surface area contributed by atoms with E-state index < -0.39 is 18.0 Å². The molecule has 2 aliphatic heterocycles. The molecular formula is C25H25ClF3N5O3. The van der Waals surface area contributed by atoms with E-state index >= 15 is 0 Å². The molecule has 0 atom stereocenters. The van der Waals surface area contributed by atoms with Gasteiger partial charge in [0.15, 0.2) is 0 Å². The van der Waals surface area contributed by atoms with Crippen LogP contribution in [0, 0.1) is 0 Å². The van der Waals surface area contributed by atoms with Gasteiger partial charge in [0.1, 0.15) is 5.82 Å². The average Bonchev–Trinajstić information content (AvgIpc) is 3.43. The fourth-order valence-electron chi connectivity index (χ4n) is 4.27. The number of nitrogens with one attached hydrogen (secondary N) is 1. The molecule has 2 N–H and O–H groups in total. The number of anilines is 1. The zero-order valence-corrected chi connectivity index (χ0v) is 20.5. The summed E-state index contributed by atoms with van der Waals surface area (Å²) in [6, 6.07) is 11.1. The zero-order chi connectivity index (χ0) is 26.6. The Morgan fingerprint density at radius 2 is 1.59 bits per heavy atom. The number of amides is 1. The molecule has 3 aromatic rings. The summed E-state index contributed by atoms with van der Waals surface area (Å²) < 4.78 is 38.9. The summed E-state index contributed by atoms with van der Waals surface area (Å²) in [5, 5.41) is 13.3. The number of carbonyl (C=O) groups excluding carboxylic acids is 1. The number of carboxylic acid groups (broad SMARTS) is 1. The Bertz CT molecular complexity index is 1280. The van der Waals surface area contributed by atoms with E-state index in [0.29, 0.717) is 23.7 Å². The van der Waals surface area contributed by atoms with Crippen molar-refractivity contribution in [2.45, 2.75) is 19.0 Å². The SMILES string of the molecule is O=C(O)c1cccc2nc(C(F)(F)F)nc(N3CCCC3)c12.O=C(c1ccc(Cl)cc1)N1CCNCC1. The van der Waals surface area contributed by atoms with Gasteiger partial charge in [0, 0.05) is 49.9 Å². The Hall–Kier alpha value is -3.44. The molecule has 37 heavy (non-hydrogen) atoms. The molecule has 2 fully saturated rings. The van der Waals surface area contributed by atoms with Gasteiger partial charge in [-0.15, -0.1) is 0 Å². The van der Waals surface area contributed by atoms with Gasteiger partial charge in [-0.05, 0) is 49.2 Å². The van der Waals surface area contributed by atoms with Gasteiger partial charge in [-0.3, -0.25) is 4.79 Å². The van der Waals surface area contributed by atoms with Gasteiger partial charge in [-0.2, -0.15) is 13.2 Å². The minimum Gasteiger partial charge on any atom is -0.478 e. The summed E-state index contributed by atoms with van der Waals surface area (Å²) in [5.74, 6) is -2.32. The van der Waals surface area contributed by atoms with Crippen LogP contribution < -0.4 is 10.2 Å². The molecule has 196 valence electrons. The van der Waals surface area contributed by atoms with E-state index in [4.69, 9.17) is 11.6 Å². The van der Waals surface area contributed by atoms with Gasteiger partial charge in [-0.25, -0.2) is 14.8 Å².